The van der Waals surface area contributed by atoms with Crippen LogP contribution in [-0.4, -0.2) is 22.3 Å². The first-order valence-electron chi connectivity index (χ1n) is 8.87. The van der Waals surface area contributed by atoms with Crippen molar-refractivity contribution in [3.8, 4) is 0 Å². The number of rotatable bonds is 5. The molecule has 2 N–H and O–H groups in total. The van der Waals surface area contributed by atoms with Gasteiger partial charge in [-0.15, -0.1) is 0 Å². The smallest absolute Gasteiger partial charge is 0.0891 e. The van der Waals surface area contributed by atoms with Crippen molar-refractivity contribution in [2.45, 2.75) is 19.6 Å². The van der Waals surface area contributed by atoms with E-state index >= 15 is 0 Å². The van der Waals surface area contributed by atoms with Crippen LogP contribution in [0.25, 0.3) is 21.8 Å². The number of anilines is 1. The molecule has 0 radical (unpaired) electrons. The molecule has 0 amide bonds. The monoisotopic (exact) mass is 398 g/mol. The third-order valence-electron chi connectivity index (χ3n) is 4.74. The highest BCUT2D eigenvalue weighted by atomic mass is 35.5. The van der Waals surface area contributed by atoms with Crippen molar-refractivity contribution in [2.75, 3.05) is 11.9 Å². The lowest BCUT2D eigenvalue weighted by atomic mass is 10.1. The van der Waals surface area contributed by atoms with Crippen LogP contribution in [0, 0.1) is 6.92 Å². The van der Waals surface area contributed by atoms with Gasteiger partial charge in [0.05, 0.1) is 12.6 Å². The van der Waals surface area contributed by atoms with Crippen LogP contribution in [0.1, 0.15) is 5.56 Å². The molecule has 0 aliphatic carbocycles. The van der Waals surface area contributed by atoms with Crippen LogP contribution in [0.4, 0.5) is 5.69 Å². The molecule has 4 rings (SSSR count). The summed E-state index contributed by atoms with van der Waals surface area (Å²) in [6, 6.07) is 19.8. The van der Waals surface area contributed by atoms with Crippen LogP contribution in [0.5, 0.6) is 0 Å². The Kier molecular flexibility index (Phi) is 5.00. The molecular formula is C22H20Cl2N2O. The van der Waals surface area contributed by atoms with E-state index in [4.69, 9.17) is 23.2 Å². The van der Waals surface area contributed by atoms with E-state index in [1.807, 2.05) is 48.5 Å². The number of aliphatic hydroxyl groups excluding tert-OH is 1. The second-order valence-electron chi connectivity index (χ2n) is 6.84. The molecule has 138 valence electrons. The summed E-state index contributed by atoms with van der Waals surface area (Å²) in [7, 11) is 0. The standard InChI is InChI=1S/C22H20Cl2N2O/c1-14-3-2-4-17(9-14)25-12-18(27)13-26-21-7-5-15(23)10-19(21)20-11-16(24)6-8-22(20)26/h2-11,18,25,27H,12-13H2,1H3. The summed E-state index contributed by atoms with van der Waals surface area (Å²) < 4.78 is 2.12. The lowest BCUT2D eigenvalue weighted by Crippen LogP contribution is -2.24. The van der Waals surface area contributed by atoms with Crippen molar-refractivity contribution in [3.05, 3.63) is 76.3 Å². The highest BCUT2D eigenvalue weighted by Crippen LogP contribution is 2.33. The third kappa shape index (κ3) is 3.77. The molecule has 0 aliphatic rings. The molecular weight excluding hydrogens is 379 g/mol. The minimum atomic E-state index is -0.546. The molecule has 5 heteroatoms. The number of fused-ring (bicyclic) bond motifs is 3. The zero-order chi connectivity index (χ0) is 19.0. The van der Waals surface area contributed by atoms with E-state index in [1.54, 1.807) is 0 Å². The van der Waals surface area contributed by atoms with Gasteiger partial charge < -0.3 is 15.0 Å². The molecule has 0 saturated heterocycles. The summed E-state index contributed by atoms with van der Waals surface area (Å²) in [6.07, 6.45) is -0.546. The number of aromatic nitrogens is 1. The van der Waals surface area contributed by atoms with Crippen LogP contribution in [0.15, 0.2) is 60.7 Å². The summed E-state index contributed by atoms with van der Waals surface area (Å²) in [5.74, 6) is 0. The van der Waals surface area contributed by atoms with E-state index in [1.165, 1.54) is 5.56 Å². The maximum absolute atomic E-state index is 10.6. The average molecular weight is 399 g/mol. The maximum atomic E-state index is 10.6. The highest BCUT2D eigenvalue weighted by molar-refractivity contribution is 6.33. The molecule has 0 aliphatic heterocycles. The molecule has 0 spiro atoms. The van der Waals surface area contributed by atoms with E-state index < -0.39 is 6.10 Å². The van der Waals surface area contributed by atoms with Crippen molar-refractivity contribution >= 4 is 50.7 Å². The van der Waals surface area contributed by atoms with Gasteiger partial charge in [0.2, 0.25) is 0 Å². The molecule has 1 unspecified atom stereocenters. The number of nitrogens with zero attached hydrogens (tertiary/aromatic N) is 1. The number of aliphatic hydroxyl groups is 1. The van der Waals surface area contributed by atoms with Gasteiger partial charge in [-0.3, -0.25) is 0 Å². The summed E-state index contributed by atoms with van der Waals surface area (Å²) in [4.78, 5) is 0. The zero-order valence-electron chi connectivity index (χ0n) is 14.9. The van der Waals surface area contributed by atoms with E-state index in [-0.39, 0.29) is 0 Å². The largest absolute Gasteiger partial charge is 0.389 e. The Balaban J connectivity index is 1.64. The summed E-state index contributed by atoms with van der Waals surface area (Å²) >= 11 is 12.4. The number of halogens is 2. The SMILES string of the molecule is Cc1cccc(NCC(O)Cn2c3ccc(Cl)cc3c3cc(Cl)ccc32)c1. The predicted octanol–water partition coefficient (Wildman–Crippen LogP) is 5.88. The summed E-state index contributed by atoms with van der Waals surface area (Å²) in [5.41, 5.74) is 4.26. The highest BCUT2D eigenvalue weighted by Gasteiger charge is 2.14. The molecule has 0 saturated carbocycles. The first-order chi connectivity index (χ1) is 13.0. The molecule has 0 fully saturated rings. The summed E-state index contributed by atoms with van der Waals surface area (Å²) in [5, 5.41) is 17.4. The Morgan fingerprint density at radius 2 is 1.56 bits per heavy atom. The minimum absolute atomic E-state index is 0.464. The Hall–Kier alpha value is -2.20. The van der Waals surface area contributed by atoms with Crippen LogP contribution >= 0.6 is 23.2 Å². The fourth-order valence-electron chi connectivity index (χ4n) is 3.51. The predicted molar refractivity (Wildman–Crippen MR) is 115 cm³/mol. The fraction of sp³-hybridized carbons (Fsp3) is 0.182. The lowest BCUT2D eigenvalue weighted by molar-refractivity contribution is 0.169. The second kappa shape index (κ2) is 7.43. The minimum Gasteiger partial charge on any atom is -0.389 e. The normalized spacial score (nSPS) is 12.6. The van der Waals surface area contributed by atoms with Gasteiger partial charge in [-0.1, -0.05) is 35.3 Å². The number of nitrogens with one attached hydrogen (secondary N) is 1. The Morgan fingerprint density at radius 1 is 0.926 bits per heavy atom. The molecule has 0 bridgehead atoms. The van der Waals surface area contributed by atoms with Crippen LogP contribution in [0.3, 0.4) is 0 Å². The van der Waals surface area contributed by atoms with Gasteiger partial charge in [-0.25, -0.2) is 0 Å². The van der Waals surface area contributed by atoms with E-state index in [0.29, 0.717) is 23.1 Å². The summed E-state index contributed by atoms with van der Waals surface area (Å²) in [6.45, 7) is 2.99. The topological polar surface area (TPSA) is 37.2 Å². The molecule has 3 aromatic carbocycles. The van der Waals surface area contributed by atoms with Gasteiger partial charge >= 0.3 is 0 Å². The Bertz CT molecular complexity index is 1060. The molecule has 1 aromatic heterocycles. The van der Waals surface area contributed by atoms with Gasteiger partial charge in [0, 0.05) is 44.1 Å². The van der Waals surface area contributed by atoms with Gasteiger partial charge in [0.25, 0.3) is 0 Å². The maximum Gasteiger partial charge on any atom is 0.0891 e. The Morgan fingerprint density at radius 3 is 2.15 bits per heavy atom. The van der Waals surface area contributed by atoms with Gasteiger partial charge in [0.1, 0.15) is 0 Å². The molecule has 27 heavy (non-hydrogen) atoms. The molecule has 3 nitrogen and oxygen atoms in total. The van der Waals surface area contributed by atoms with Crippen molar-refractivity contribution in [2.24, 2.45) is 0 Å². The molecule has 1 heterocycles. The van der Waals surface area contributed by atoms with E-state index in [2.05, 4.69) is 28.9 Å². The number of hydrogen-bond donors (Lipinski definition) is 2. The van der Waals surface area contributed by atoms with Crippen LogP contribution < -0.4 is 5.32 Å². The van der Waals surface area contributed by atoms with E-state index in [9.17, 15) is 5.11 Å². The average Bonchev–Trinajstić information content (AvgIpc) is 2.92. The van der Waals surface area contributed by atoms with Gasteiger partial charge in [-0.05, 0) is 61.0 Å². The first kappa shape index (κ1) is 18.2. The zero-order valence-corrected chi connectivity index (χ0v) is 16.4. The number of benzene rings is 3. The lowest BCUT2D eigenvalue weighted by Gasteiger charge is -2.16. The number of hydrogen-bond acceptors (Lipinski definition) is 2. The third-order valence-corrected chi connectivity index (χ3v) is 5.21. The van der Waals surface area contributed by atoms with Crippen molar-refractivity contribution in [3.63, 3.8) is 0 Å². The fourth-order valence-corrected chi connectivity index (χ4v) is 3.86. The van der Waals surface area contributed by atoms with Gasteiger partial charge in [-0.2, -0.15) is 0 Å². The quantitative estimate of drug-likeness (QED) is 0.440. The van der Waals surface area contributed by atoms with Gasteiger partial charge in [0.15, 0.2) is 0 Å². The molecule has 1 atom stereocenters. The molecule has 4 aromatic rings. The number of aryl methyl sites for hydroxylation is 1. The van der Waals surface area contributed by atoms with E-state index in [0.717, 1.165) is 27.5 Å². The van der Waals surface area contributed by atoms with Crippen molar-refractivity contribution in [1.82, 2.24) is 4.57 Å². The Labute approximate surface area is 168 Å². The van der Waals surface area contributed by atoms with Crippen LogP contribution in [-0.2, 0) is 6.54 Å². The van der Waals surface area contributed by atoms with Crippen molar-refractivity contribution < 1.29 is 5.11 Å². The van der Waals surface area contributed by atoms with Crippen LogP contribution in [0.2, 0.25) is 10.0 Å². The van der Waals surface area contributed by atoms with Crippen molar-refractivity contribution in [1.29, 1.82) is 0 Å². The first-order valence-corrected chi connectivity index (χ1v) is 9.62. The second-order valence-corrected chi connectivity index (χ2v) is 7.71.